The molecule has 2 N–H and O–H groups in total. The standard InChI is InChI=1S/C13H17N3O5/c1-8-6-10(17)15-13(14-8)9-7-16(4-5-21-9)11(18)2-3-12(19)20/h6,9H,2-5,7H2,1H3,(H,19,20)(H,14,15,17)/t9-/m1/s1. The number of H-pyrrole nitrogens is 1. The molecule has 21 heavy (non-hydrogen) atoms. The lowest BCUT2D eigenvalue weighted by molar-refractivity contribution is -0.144. The Morgan fingerprint density at radius 3 is 2.95 bits per heavy atom. The van der Waals surface area contributed by atoms with Crippen molar-refractivity contribution in [3.05, 3.63) is 27.9 Å². The number of carboxylic acids is 1. The molecule has 1 amide bonds. The topological polar surface area (TPSA) is 113 Å². The van der Waals surface area contributed by atoms with Crippen molar-refractivity contribution in [2.24, 2.45) is 0 Å². The van der Waals surface area contributed by atoms with Crippen LogP contribution in [-0.2, 0) is 14.3 Å². The van der Waals surface area contributed by atoms with Crippen molar-refractivity contribution in [3.8, 4) is 0 Å². The summed E-state index contributed by atoms with van der Waals surface area (Å²) in [5.41, 5.74) is 0.308. The van der Waals surface area contributed by atoms with Crippen LogP contribution in [0.2, 0.25) is 0 Å². The second-order valence-electron chi connectivity index (χ2n) is 4.86. The minimum absolute atomic E-state index is 0.0418. The van der Waals surface area contributed by atoms with E-state index in [0.717, 1.165) is 0 Å². The van der Waals surface area contributed by atoms with E-state index >= 15 is 0 Å². The summed E-state index contributed by atoms with van der Waals surface area (Å²) >= 11 is 0. The highest BCUT2D eigenvalue weighted by Gasteiger charge is 2.27. The molecule has 0 bridgehead atoms. The number of morpholine rings is 1. The molecule has 0 saturated carbocycles. The predicted octanol–water partition coefficient (Wildman–Crippen LogP) is -0.157. The first-order chi connectivity index (χ1) is 9.95. The number of hydrogen-bond acceptors (Lipinski definition) is 5. The van der Waals surface area contributed by atoms with E-state index in [4.69, 9.17) is 9.84 Å². The zero-order valence-electron chi connectivity index (χ0n) is 11.7. The normalized spacial score (nSPS) is 18.5. The van der Waals surface area contributed by atoms with Crippen LogP contribution in [0.4, 0.5) is 0 Å². The first-order valence-electron chi connectivity index (χ1n) is 6.65. The second kappa shape index (κ2) is 6.49. The summed E-state index contributed by atoms with van der Waals surface area (Å²) in [6.07, 6.45) is -0.736. The van der Waals surface area contributed by atoms with Gasteiger partial charge in [-0.05, 0) is 6.92 Å². The number of amides is 1. The minimum atomic E-state index is -1.00. The highest BCUT2D eigenvalue weighted by atomic mass is 16.5. The number of carbonyl (C=O) groups excluding carboxylic acids is 1. The lowest BCUT2D eigenvalue weighted by atomic mass is 10.2. The first-order valence-corrected chi connectivity index (χ1v) is 6.65. The summed E-state index contributed by atoms with van der Waals surface area (Å²) in [6.45, 7) is 2.69. The molecule has 1 aliphatic heterocycles. The van der Waals surface area contributed by atoms with Gasteiger partial charge in [0.15, 0.2) is 0 Å². The van der Waals surface area contributed by atoms with Gasteiger partial charge < -0.3 is 19.7 Å². The quantitative estimate of drug-likeness (QED) is 0.798. The Bertz CT molecular complexity index is 598. The Balaban J connectivity index is 2.04. The number of nitrogens with zero attached hydrogens (tertiary/aromatic N) is 2. The fraction of sp³-hybridized carbons (Fsp3) is 0.538. The molecule has 2 heterocycles. The van der Waals surface area contributed by atoms with Crippen molar-refractivity contribution in [2.45, 2.75) is 25.9 Å². The van der Waals surface area contributed by atoms with E-state index in [2.05, 4.69) is 9.97 Å². The van der Waals surface area contributed by atoms with Crippen LogP contribution in [0, 0.1) is 6.92 Å². The van der Waals surface area contributed by atoms with Crippen LogP contribution in [0.5, 0.6) is 0 Å². The molecule has 8 nitrogen and oxygen atoms in total. The number of nitrogens with one attached hydrogen (secondary N) is 1. The van der Waals surface area contributed by atoms with Crippen LogP contribution in [-0.4, -0.2) is 51.5 Å². The van der Waals surface area contributed by atoms with Crippen LogP contribution in [0.3, 0.4) is 0 Å². The third-order valence-corrected chi connectivity index (χ3v) is 3.16. The molecular weight excluding hydrogens is 278 g/mol. The SMILES string of the molecule is Cc1cc(=O)[nH]c([C@H]2CN(C(=O)CCC(=O)O)CCO2)n1. The molecular formula is C13H17N3O5. The van der Waals surface area contributed by atoms with Gasteiger partial charge >= 0.3 is 5.97 Å². The highest BCUT2D eigenvalue weighted by molar-refractivity contribution is 5.80. The van der Waals surface area contributed by atoms with E-state index in [1.54, 1.807) is 11.8 Å². The Kier molecular flexibility index (Phi) is 4.69. The largest absolute Gasteiger partial charge is 0.481 e. The number of carbonyl (C=O) groups is 2. The summed E-state index contributed by atoms with van der Waals surface area (Å²) in [4.78, 5) is 42.2. The van der Waals surface area contributed by atoms with Gasteiger partial charge in [0.1, 0.15) is 11.9 Å². The molecule has 114 valence electrons. The maximum Gasteiger partial charge on any atom is 0.303 e. The summed E-state index contributed by atoms with van der Waals surface area (Å²) in [6, 6.07) is 1.38. The molecule has 0 aliphatic carbocycles. The van der Waals surface area contributed by atoms with Crippen molar-refractivity contribution >= 4 is 11.9 Å². The smallest absolute Gasteiger partial charge is 0.303 e. The van der Waals surface area contributed by atoms with E-state index in [1.807, 2.05) is 0 Å². The van der Waals surface area contributed by atoms with Gasteiger partial charge in [-0.1, -0.05) is 0 Å². The maximum absolute atomic E-state index is 11.9. The highest BCUT2D eigenvalue weighted by Crippen LogP contribution is 2.19. The van der Waals surface area contributed by atoms with Gasteiger partial charge in [0.25, 0.3) is 5.56 Å². The fourth-order valence-corrected chi connectivity index (χ4v) is 2.17. The third-order valence-electron chi connectivity index (χ3n) is 3.16. The van der Waals surface area contributed by atoms with Gasteiger partial charge in [0.2, 0.25) is 5.91 Å². The van der Waals surface area contributed by atoms with E-state index in [0.29, 0.717) is 24.7 Å². The van der Waals surface area contributed by atoms with E-state index in [9.17, 15) is 14.4 Å². The summed E-state index contributed by atoms with van der Waals surface area (Å²) in [5.74, 6) is -0.853. The number of aromatic nitrogens is 2. The van der Waals surface area contributed by atoms with Gasteiger partial charge in [0.05, 0.1) is 19.6 Å². The van der Waals surface area contributed by atoms with Crippen LogP contribution >= 0.6 is 0 Å². The predicted molar refractivity (Wildman–Crippen MR) is 71.7 cm³/mol. The molecule has 0 radical (unpaired) electrons. The number of carboxylic acid groups (broad SMARTS) is 1. The van der Waals surface area contributed by atoms with Crippen molar-refractivity contribution < 1.29 is 19.4 Å². The second-order valence-corrected chi connectivity index (χ2v) is 4.86. The summed E-state index contributed by atoms with van der Waals surface area (Å²) in [5, 5.41) is 8.61. The Labute approximate surface area is 120 Å². The van der Waals surface area contributed by atoms with Gasteiger partial charge in [0, 0.05) is 24.7 Å². The molecule has 8 heteroatoms. The third kappa shape index (κ3) is 4.12. The summed E-state index contributed by atoms with van der Waals surface area (Å²) in [7, 11) is 0. The van der Waals surface area contributed by atoms with Crippen LogP contribution in [0.25, 0.3) is 0 Å². The minimum Gasteiger partial charge on any atom is -0.481 e. The number of aromatic amines is 1. The molecule has 1 aromatic rings. The van der Waals surface area contributed by atoms with Crippen molar-refractivity contribution in [3.63, 3.8) is 0 Å². The summed E-state index contributed by atoms with van der Waals surface area (Å²) < 4.78 is 5.54. The lowest BCUT2D eigenvalue weighted by Gasteiger charge is -2.32. The van der Waals surface area contributed by atoms with Crippen molar-refractivity contribution in [2.75, 3.05) is 19.7 Å². The number of rotatable bonds is 4. The zero-order valence-corrected chi connectivity index (χ0v) is 11.7. The van der Waals surface area contributed by atoms with E-state index in [1.165, 1.54) is 6.07 Å². The number of ether oxygens (including phenoxy) is 1. The van der Waals surface area contributed by atoms with Gasteiger partial charge in [-0.15, -0.1) is 0 Å². The molecule has 0 unspecified atom stereocenters. The van der Waals surface area contributed by atoms with Gasteiger partial charge in [-0.3, -0.25) is 14.4 Å². The van der Waals surface area contributed by atoms with Crippen LogP contribution in [0.15, 0.2) is 10.9 Å². The first kappa shape index (κ1) is 15.2. The molecule has 1 saturated heterocycles. The molecule has 1 atom stereocenters. The fourth-order valence-electron chi connectivity index (χ4n) is 2.17. The molecule has 1 fully saturated rings. The maximum atomic E-state index is 11.9. The molecule has 1 aliphatic rings. The van der Waals surface area contributed by atoms with E-state index in [-0.39, 0.29) is 30.9 Å². The Morgan fingerprint density at radius 2 is 2.29 bits per heavy atom. The Morgan fingerprint density at radius 1 is 1.52 bits per heavy atom. The molecule has 0 aromatic carbocycles. The Hall–Kier alpha value is -2.22. The molecule has 1 aromatic heterocycles. The van der Waals surface area contributed by atoms with Crippen molar-refractivity contribution in [1.29, 1.82) is 0 Å². The van der Waals surface area contributed by atoms with E-state index < -0.39 is 12.1 Å². The average Bonchev–Trinajstić information content (AvgIpc) is 2.44. The molecule has 0 spiro atoms. The lowest BCUT2D eigenvalue weighted by Crippen LogP contribution is -2.43. The molecule has 2 rings (SSSR count). The van der Waals surface area contributed by atoms with Crippen LogP contribution in [0.1, 0.15) is 30.5 Å². The van der Waals surface area contributed by atoms with Crippen molar-refractivity contribution in [1.82, 2.24) is 14.9 Å². The number of hydrogen-bond donors (Lipinski definition) is 2. The van der Waals surface area contributed by atoms with Gasteiger partial charge in [-0.2, -0.15) is 0 Å². The number of aryl methyl sites for hydroxylation is 1. The number of aliphatic carboxylic acids is 1. The zero-order chi connectivity index (χ0) is 15.4. The monoisotopic (exact) mass is 295 g/mol. The van der Waals surface area contributed by atoms with Gasteiger partial charge in [-0.25, -0.2) is 4.98 Å². The van der Waals surface area contributed by atoms with Crippen LogP contribution < -0.4 is 5.56 Å². The average molecular weight is 295 g/mol.